The number of pyridine rings is 1. The molecule has 2 rings (SSSR count). The first-order chi connectivity index (χ1) is 9.82. The SMILES string of the molecule is CC(C)(C)OC(=O)COC1(c2cccnc2Br)CCNC1. The summed E-state index contributed by atoms with van der Waals surface area (Å²) in [7, 11) is 0. The minimum atomic E-state index is -0.538. The molecule has 2 heterocycles. The van der Waals surface area contributed by atoms with Gasteiger partial charge in [-0.05, 0) is 55.7 Å². The third-order valence-electron chi connectivity index (χ3n) is 3.25. The topological polar surface area (TPSA) is 60.5 Å². The van der Waals surface area contributed by atoms with Gasteiger partial charge in [0.25, 0.3) is 0 Å². The molecule has 21 heavy (non-hydrogen) atoms. The largest absolute Gasteiger partial charge is 0.458 e. The van der Waals surface area contributed by atoms with Gasteiger partial charge in [-0.2, -0.15) is 0 Å². The minimum Gasteiger partial charge on any atom is -0.458 e. The van der Waals surface area contributed by atoms with E-state index >= 15 is 0 Å². The van der Waals surface area contributed by atoms with Crippen LogP contribution in [-0.4, -0.2) is 36.3 Å². The van der Waals surface area contributed by atoms with E-state index in [2.05, 4.69) is 26.2 Å². The molecule has 116 valence electrons. The summed E-state index contributed by atoms with van der Waals surface area (Å²) < 4.78 is 12.0. The quantitative estimate of drug-likeness (QED) is 0.662. The lowest BCUT2D eigenvalue weighted by molar-refractivity contribution is -0.167. The van der Waals surface area contributed by atoms with Crippen molar-refractivity contribution in [3.63, 3.8) is 0 Å². The zero-order valence-electron chi connectivity index (χ0n) is 12.6. The van der Waals surface area contributed by atoms with Crippen LogP contribution in [0.15, 0.2) is 22.9 Å². The molecule has 0 saturated carbocycles. The number of hydrogen-bond donors (Lipinski definition) is 1. The molecule has 0 spiro atoms. The van der Waals surface area contributed by atoms with Crippen LogP contribution in [0.2, 0.25) is 0 Å². The minimum absolute atomic E-state index is 0.0692. The van der Waals surface area contributed by atoms with Crippen molar-refractivity contribution in [1.82, 2.24) is 10.3 Å². The highest BCUT2D eigenvalue weighted by molar-refractivity contribution is 9.10. The molecule has 0 aromatic carbocycles. The summed E-state index contributed by atoms with van der Waals surface area (Å²) in [6, 6.07) is 3.84. The second-order valence-corrected chi connectivity index (χ2v) is 6.89. The average Bonchev–Trinajstić information content (AvgIpc) is 2.85. The Balaban J connectivity index is 2.10. The molecule has 6 heteroatoms. The number of carbonyl (C=O) groups excluding carboxylic acids is 1. The molecule has 1 unspecified atom stereocenters. The number of carbonyl (C=O) groups is 1. The highest BCUT2D eigenvalue weighted by Crippen LogP contribution is 2.35. The first-order valence-corrected chi connectivity index (χ1v) is 7.79. The van der Waals surface area contributed by atoms with Crippen LogP contribution in [0.4, 0.5) is 0 Å². The number of aromatic nitrogens is 1. The van der Waals surface area contributed by atoms with Gasteiger partial charge < -0.3 is 14.8 Å². The third-order valence-corrected chi connectivity index (χ3v) is 3.88. The van der Waals surface area contributed by atoms with Crippen LogP contribution in [0, 0.1) is 0 Å². The normalized spacial score (nSPS) is 22.3. The molecule has 0 amide bonds. The molecule has 0 bridgehead atoms. The van der Waals surface area contributed by atoms with Crippen molar-refractivity contribution in [2.45, 2.75) is 38.4 Å². The van der Waals surface area contributed by atoms with Crippen LogP contribution in [0.1, 0.15) is 32.8 Å². The van der Waals surface area contributed by atoms with E-state index in [4.69, 9.17) is 9.47 Å². The van der Waals surface area contributed by atoms with Crippen LogP contribution >= 0.6 is 15.9 Å². The Kier molecular flexibility index (Phi) is 5.01. The summed E-state index contributed by atoms with van der Waals surface area (Å²) in [4.78, 5) is 16.1. The number of esters is 1. The Morgan fingerprint density at radius 3 is 2.86 bits per heavy atom. The van der Waals surface area contributed by atoms with Gasteiger partial charge in [-0.3, -0.25) is 0 Å². The number of hydrogen-bond acceptors (Lipinski definition) is 5. The lowest BCUT2D eigenvalue weighted by Gasteiger charge is -2.30. The zero-order valence-corrected chi connectivity index (χ0v) is 14.2. The van der Waals surface area contributed by atoms with Crippen molar-refractivity contribution >= 4 is 21.9 Å². The Morgan fingerprint density at radius 1 is 1.52 bits per heavy atom. The maximum atomic E-state index is 11.9. The summed E-state index contributed by atoms with van der Waals surface area (Å²) in [5.74, 6) is -0.353. The summed E-state index contributed by atoms with van der Waals surface area (Å²) in [6.45, 7) is 6.95. The molecule has 1 aromatic rings. The zero-order chi connectivity index (χ0) is 15.5. The fourth-order valence-corrected chi connectivity index (χ4v) is 3.01. The molecule has 5 nitrogen and oxygen atoms in total. The van der Waals surface area contributed by atoms with Crippen molar-refractivity contribution in [3.8, 4) is 0 Å². The number of ether oxygens (including phenoxy) is 2. The van der Waals surface area contributed by atoms with Crippen molar-refractivity contribution in [1.29, 1.82) is 0 Å². The molecule has 1 aliphatic rings. The number of nitrogens with one attached hydrogen (secondary N) is 1. The van der Waals surface area contributed by atoms with Crippen LogP contribution in [0.5, 0.6) is 0 Å². The molecular formula is C15H21BrN2O3. The molecule has 1 saturated heterocycles. The fourth-order valence-electron chi connectivity index (χ4n) is 2.39. The summed E-state index contributed by atoms with van der Waals surface area (Å²) in [5.41, 5.74) is -0.0843. The van der Waals surface area contributed by atoms with Crippen LogP contribution in [0.3, 0.4) is 0 Å². The Morgan fingerprint density at radius 2 is 2.29 bits per heavy atom. The molecule has 1 atom stereocenters. The van der Waals surface area contributed by atoms with E-state index in [9.17, 15) is 4.79 Å². The average molecular weight is 357 g/mol. The number of halogens is 1. The predicted octanol–water partition coefficient (Wildman–Crippen LogP) is 2.39. The third kappa shape index (κ3) is 4.25. The van der Waals surface area contributed by atoms with E-state index in [1.54, 1.807) is 6.20 Å². The Bertz CT molecular complexity index is 508. The summed E-state index contributed by atoms with van der Waals surface area (Å²) >= 11 is 3.46. The van der Waals surface area contributed by atoms with Crippen molar-refractivity contribution in [3.05, 3.63) is 28.5 Å². The van der Waals surface area contributed by atoms with Gasteiger partial charge >= 0.3 is 5.97 Å². The number of rotatable bonds is 4. The van der Waals surface area contributed by atoms with E-state index in [0.717, 1.165) is 23.1 Å². The second-order valence-electron chi connectivity index (χ2n) is 6.14. The molecule has 1 aliphatic heterocycles. The lowest BCUT2D eigenvalue weighted by Crippen LogP contribution is -2.36. The standard InChI is InChI=1S/C15H21BrN2O3/c1-14(2,3)21-12(19)9-20-15(6-8-17-10-15)11-5-4-7-18-13(11)16/h4-5,7,17H,6,8-10H2,1-3H3. The summed E-state index contributed by atoms with van der Waals surface area (Å²) in [5, 5.41) is 3.29. The van der Waals surface area contributed by atoms with Crippen molar-refractivity contribution < 1.29 is 14.3 Å². The van der Waals surface area contributed by atoms with E-state index in [-0.39, 0.29) is 12.6 Å². The Hall–Kier alpha value is -0.980. The highest BCUT2D eigenvalue weighted by atomic mass is 79.9. The van der Waals surface area contributed by atoms with Crippen LogP contribution in [0.25, 0.3) is 0 Å². The van der Waals surface area contributed by atoms with Gasteiger partial charge in [0, 0.05) is 18.3 Å². The van der Waals surface area contributed by atoms with Gasteiger partial charge in [-0.15, -0.1) is 0 Å². The fraction of sp³-hybridized carbons (Fsp3) is 0.600. The molecule has 0 aliphatic carbocycles. The van der Waals surface area contributed by atoms with E-state index in [1.807, 2.05) is 32.9 Å². The maximum Gasteiger partial charge on any atom is 0.332 e. The van der Waals surface area contributed by atoms with Crippen molar-refractivity contribution in [2.24, 2.45) is 0 Å². The van der Waals surface area contributed by atoms with Gasteiger partial charge in [-0.25, -0.2) is 9.78 Å². The van der Waals surface area contributed by atoms with Gasteiger partial charge in [-0.1, -0.05) is 6.07 Å². The summed E-state index contributed by atoms with van der Waals surface area (Å²) in [6.07, 6.45) is 2.51. The van der Waals surface area contributed by atoms with Gasteiger partial charge in [0.2, 0.25) is 0 Å². The molecular weight excluding hydrogens is 336 g/mol. The molecule has 1 aromatic heterocycles. The predicted molar refractivity (Wildman–Crippen MR) is 82.9 cm³/mol. The van der Waals surface area contributed by atoms with Crippen LogP contribution in [-0.2, 0) is 19.9 Å². The molecule has 1 fully saturated rings. The van der Waals surface area contributed by atoms with Crippen LogP contribution < -0.4 is 5.32 Å². The molecule has 1 N–H and O–H groups in total. The van der Waals surface area contributed by atoms with E-state index in [1.165, 1.54) is 0 Å². The second kappa shape index (κ2) is 6.42. The number of nitrogens with zero attached hydrogens (tertiary/aromatic N) is 1. The first kappa shape index (κ1) is 16.4. The lowest BCUT2D eigenvalue weighted by atomic mass is 9.94. The van der Waals surface area contributed by atoms with Gasteiger partial charge in [0.15, 0.2) is 0 Å². The smallest absolute Gasteiger partial charge is 0.332 e. The Labute approximate surface area is 133 Å². The monoisotopic (exact) mass is 356 g/mol. The maximum absolute atomic E-state index is 11.9. The van der Waals surface area contributed by atoms with E-state index in [0.29, 0.717) is 6.54 Å². The highest BCUT2D eigenvalue weighted by Gasteiger charge is 2.39. The molecule has 0 radical (unpaired) electrons. The van der Waals surface area contributed by atoms with Crippen molar-refractivity contribution in [2.75, 3.05) is 19.7 Å². The first-order valence-electron chi connectivity index (χ1n) is 7.00. The van der Waals surface area contributed by atoms with E-state index < -0.39 is 11.2 Å². The van der Waals surface area contributed by atoms with Gasteiger partial charge in [0.1, 0.15) is 22.4 Å². The van der Waals surface area contributed by atoms with Gasteiger partial charge in [0.05, 0.1) is 0 Å².